The molecule has 0 bridgehead atoms. The molecule has 0 amide bonds. The van der Waals surface area contributed by atoms with E-state index in [1.807, 2.05) is 0 Å². The van der Waals surface area contributed by atoms with E-state index in [9.17, 15) is 8.42 Å². The Labute approximate surface area is 122 Å². The summed E-state index contributed by atoms with van der Waals surface area (Å²) in [5.74, 6) is 0.182. The number of nitrogens with two attached hydrogens (primary N) is 1. The summed E-state index contributed by atoms with van der Waals surface area (Å²) in [6.45, 7) is 1.53. The van der Waals surface area contributed by atoms with Crippen molar-refractivity contribution in [2.75, 3.05) is 25.5 Å². The van der Waals surface area contributed by atoms with Gasteiger partial charge < -0.3 is 10.5 Å². The Morgan fingerprint density at radius 3 is 2.53 bits per heavy atom. The van der Waals surface area contributed by atoms with E-state index in [1.165, 1.54) is 12.1 Å². The van der Waals surface area contributed by atoms with Gasteiger partial charge in [0.15, 0.2) is 0 Å². The maximum absolute atomic E-state index is 12.2. The van der Waals surface area contributed by atoms with Gasteiger partial charge >= 0.3 is 0 Å². The van der Waals surface area contributed by atoms with Gasteiger partial charge in [-0.1, -0.05) is 23.2 Å². The van der Waals surface area contributed by atoms with Gasteiger partial charge in [0.2, 0.25) is 10.0 Å². The van der Waals surface area contributed by atoms with Crippen molar-refractivity contribution in [3.63, 3.8) is 0 Å². The molecule has 0 radical (unpaired) electrons. The second kappa shape index (κ2) is 5.85. The highest BCUT2D eigenvalue weighted by molar-refractivity contribution is 7.89. The lowest BCUT2D eigenvalue weighted by molar-refractivity contribution is 0.186. The number of hydrogen-bond acceptors (Lipinski definition) is 4. The van der Waals surface area contributed by atoms with Crippen LogP contribution in [0.4, 0.5) is 5.69 Å². The van der Waals surface area contributed by atoms with Gasteiger partial charge in [-0.3, -0.25) is 0 Å². The molecule has 106 valence electrons. The molecule has 1 atom stereocenters. The number of benzene rings is 1. The van der Waals surface area contributed by atoms with Crippen LogP contribution in [0.1, 0.15) is 6.42 Å². The Morgan fingerprint density at radius 2 is 2.00 bits per heavy atom. The van der Waals surface area contributed by atoms with Gasteiger partial charge in [-0.15, -0.1) is 0 Å². The van der Waals surface area contributed by atoms with Crippen LogP contribution in [0.15, 0.2) is 17.0 Å². The molecule has 1 unspecified atom stereocenters. The van der Waals surface area contributed by atoms with Crippen molar-refractivity contribution in [1.29, 1.82) is 0 Å². The molecular formula is C11H14Cl2N2O3S. The quantitative estimate of drug-likeness (QED) is 0.829. The van der Waals surface area contributed by atoms with Gasteiger partial charge in [0, 0.05) is 18.8 Å². The number of hydrogen-bond donors (Lipinski definition) is 2. The zero-order valence-electron chi connectivity index (χ0n) is 10.0. The second-order valence-corrected chi connectivity index (χ2v) is 6.91. The highest BCUT2D eigenvalue weighted by Gasteiger charge is 2.24. The number of sulfonamides is 1. The van der Waals surface area contributed by atoms with Gasteiger partial charge in [-0.2, -0.15) is 0 Å². The van der Waals surface area contributed by atoms with E-state index in [0.717, 1.165) is 6.42 Å². The maximum atomic E-state index is 12.2. The first-order valence-electron chi connectivity index (χ1n) is 5.72. The average Bonchev–Trinajstić information content (AvgIpc) is 2.77. The van der Waals surface area contributed by atoms with Crippen molar-refractivity contribution >= 4 is 38.9 Å². The summed E-state index contributed by atoms with van der Waals surface area (Å²) < 4.78 is 32.0. The van der Waals surface area contributed by atoms with Crippen LogP contribution in [0.25, 0.3) is 0 Å². The summed E-state index contributed by atoms with van der Waals surface area (Å²) in [5.41, 5.74) is 5.86. The fourth-order valence-electron chi connectivity index (χ4n) is 1.88. The van der Waals surface area contributed by atoms with Crippen LogP contribution in [0, 0.1) is 5.92 Å². The van der Waals surface area contributed by atoms with E-state index >= 15 is 0 Å². The van der Waals surface area contributed by atoms with Crippen LogP contribution in [0.2, 0.25) is 10.0 Å². The van der Waals surface area contributed by atoms with E-state index in [4.69, 9.17) is 33.7 Å². The van der Waals surface area contributed by atoms with Crippen molar-refractivity contribution in [2.45, 2.75) is 11.3 Å². The van der Waals surface area contributed by atoms with Gasteiger partial charge in [0.05, 0.1) is 16.7 Å². The Hall–Kier alpha value is -0.530. The molecule has 0 spiro atoms. The van der Waals surface area contributed by atoms with E-state index in [-0.39, 0.29) is 20.9 Å². The standard InChI is InChI=1S/C11H14Cl2N2O3S/c12-9-3-8(14)4-10(13)11(9)19(16,17)15-5-7-1-2-18-6-7/h3-4,7,15H,1-2,5-6,14H2. The minimum atomic E-state index is -3.75. The number of nitrogen functional groups attached to an aromatic ring is 1. The molecule has 0 saturated carbocycles. The Balaban J connectivity index is 2.19. The summed E-state index contributed by atoms with van der Waals surface area (Å²) in [6.07, 6.45) is 0.839. The molecule has 1 aliphatic rings. The fraction of sp³-hybridized carbons (Fsp3) is 0.455. The van der Waals surface area contributed by atoms with E-state index < -0.39 is 10.0 Å². The zero-order chi connectivity index (χ0) is 14.0. The first kappa shape index (κ1) is 14.9. The Kier molecular flexibility index (Phi) is 4.58. The smallest absolute Gasteiger partial charge is 0.243 e. The lowest BCUT2D eigenvalue weighted by Crippen LogP contribution is -2.30. The predicted octanol–water partition coefficient (Wildman–Crippen LogP) is 1.89. The molecule has 2 rings (SSSR count). The van der Waals surface area contributed by atoms with E-state index in [2.05, 4.69) is 4.72 Å². The number of rotatable bonds is 4. The highest BCUT2D eigenvalue weighted by atomic mass is 35.5. The lowest BCUT2D eigenvalue weighted by Gasteiger charge is -2.13. The number of nitrogens with one attached hydrogen (secondary N) is 1. The Bertz CT molecular complexity index is 548. The SMILES string of the molecule is Nc1cc(Cl)c(S(=O)(=O)NCC2CCOC2)c(Cl)c1. The number of halogens is 2. The molecule has 1 aliphatic heterocycles. The molecule has 1 aromatic carbocycles. The summed E-state index contributed by atoms with van der Waals surface area (Å²) in [5, 5.41) is 0.0281. The number of anilines is 1. The normalized spacial score (nSPS) is 19.8. The third-order valence-corrected chi connectivity index (χ3v) is 5.22. The molecule has 1 fully saturated rings. The predicted molar refractivity (Wildman–Crippen MR) is 75.0 cm³/mol. The molecule has 1 heterocycles. The van der Waals surface area contributed by atoms with E-state index in [0.29, 0.717) is 25.4 Å². The van der Waals surface area contributed by atoms with Crippen molar-refractivity contribution in [1.82, 2.24) is 4.72 Å². The van der Waals surface area contributed by atoms with Gasteiger partial charge in [-0.25, -0.2) is 13.1 Å². The molecule has 5 nitrogen and oxygen atoms in total. The third-order valence-electron chi connectivity index (χ3n) is 2.88. The van der Waals surface area contributed by atoms with Crippen LogP contribution >= 0.6 is 23.2 Å². The largest absolute Gasteiger partial charge is 0.399 e. The molecule has 8 heteroatoms. The summed E-state index contributed by atoms with van der Waals surface area (Å²) in [6, 6.07) is 2.72. The van der Waals surface area contributed by atoms with Gasteiger partial charge in [0.1, 0.15) is 4.90 Å². The number of ether oxygens (including phenoxy) is 1. The zero-order valence-corrected chi connectivity index (χ0v) is 12.4. The topological polar surface area (TPSA) is 81.4 Å². The van der Waals surface area contributed by atoms with Crippen molar-refractivity contribution in [3.8, 4) is 0 Å². The third kappa shape index (κ3) is 3.52. The monoisotopic (exact) mass is 324 g/mol. The average molecular weight is 325 g/mol. The summed E-state index contributed by atoms with van der Waals surface area (Å²) in [7, 11) is -3.75. The lowest BCUT2D eigenvalue weighted by atomic mass is 10.1. The molecule has 1 aromatic rings. The first-order valence-corrected chi connectivity index (χ1v) is 7.96. The van der Waals surface area contributed by atoms with Crippen molar-refractivity contribution in [2.24, 2.45) is 5.92 Å². The van der Waals surface area contributed by atoms with Crippen molar-refractivity contribution < 1.29 is 13.2 Å². The van der Waals surface area contributed by atoms with Gasteiger partial charge in [0.25, 0.3) is 0 Å². The highest BCUT2D eigenvalue weighted by Crippen LogP contribution is 2.31. The minimum absolute atomic E-state index is 0.0140. The fourth-order valence-corrected chi connectivity index (χ4v) is 4.22. The molecular weight excluding hydrogens is 311 g/mol. The van der Waals surface area contributed by atoms with Crippen LogP contribution in [0.5, 0.6) is 0 Å². The molecule has 0 aliphatic carbocycles. The maximum Gasteiger partial charge on any atom is 0.243 e. The minimum Gasteiger partial charge on any atom is -0.399 e. The van der Waals surface area contributed by atoms with Crippen LogP contribution in [0.3, 0.4) is 0 Å². The Morgan fingerprint density at radius 1 is 1.37 bits per heavy atom. The molecule has 0 aromatic heterocycles. The second-order valence-electron chi connectivity index (χ2n) is 4.40. The summed E-state index contributed by atoms with van der Waals surface area (Å²) >= 11 is 11.8. The molecule has 3 N–H and O–H groups in total. The van der Waals surface area contributed by atoms with Crippen LogP contribution in [-0.4, -0.2) is 28.2 Å². The van der Waals surface area contributed by atoms with Crippen LogP contribution < -0.4 is 10.5 Å². The summed E-state index contributed by atoms with van der Waals surface area (Å²) in [4.78, 5) is -0.135. The van der Waals surface area contributed by atoms with Crippen molar-refractivity contribution in [3.05, 3.63) is 22.2 Å². The molecule has 19 heavy (non-hydrogen) atoms. The van der Waals surface area contributed by atoms with Crippen LogP contribution in [-0.2, 0) is 14.8 Å². The first-order chi connectivity index (χ1) is 8.90. The van der Waals surface area contributed by atoms with Gasteiger partial charge in [-0.05, 0) is 24.5 Å². The molecule has 1 saturated heterocycles. The van der Waals surface area contributed by atoms with E-state index in [1.54, 1.807) is 0 Å².